The molecule has 1 aliphatic rings. The molecule has 0 aliphatic heterocycles. The largest absolute Gasteiger partial charge is 0.382 e. The molecule has 1 aromatic rings. The second-order valence-corrected chi connectivity index (χ2v) is 5.52. The molecule has 0 aromatic heterocycles. The van der Waals surface area contributed by atoms with Crippen LogP contribution in [0.2, 0.25) is 0 Å². The van der Waals surface area contributed by atoms with Gasteiger partial charge in [0, 0.05) is 11.7 Å². The Bertz CT molecular complexity index is 362. The molecule has 1 aromatic carbocycles. The van der Waals surface area contributed by atoms with Crippen molar-refractivity contribution < 1.29 is 4.39 Å². The van der Waals surface area contributed by atoms with E-state index in [1.54, 1.807) is 12.1 Å². The topological polar surface area (TPSA) is 12.0 Å². The van der Waals surface area contributed by atoms with E-state index in [4.69, 9.17) is 0 Å². The highest BCUT2D eigenvalue weighted by molar-refractivity contribution is 5.44. The molecule has 94 valence electrons. The molecule has 0 amide bonds. The Morgan fingerprint density at radius 3 is 2.82 bits per heavy atom. The van der Waals surface area contributed by atoms with Gasteiger partial charge in [0.15, 0.2) is 0 Å². The predicted octanol–water partition coefficient (Wildman–Crippen LogP) is 4.45. The van der Waals surface area contributed by atoms with E-state index in [1.807, 2.05) is 6.07 Å². The first-order chi connectivity index (χ1) is 8.15. The fourth-order valence-corrected chi connectivity index (χ4v) is 2.78. The zero-order valence-corrected chi connectivity index (χ0v) is 10.7. The van der Waals surface area contributed by atoms with Crippen molar-refractivity contribution in [1.29, 1.82) is 0 Å². The number of anilines is 1. The lowest BCUT2D eigenvalue weighted by Crippen LogP contribution is -2.29. The maximum absolute atomic E-state index is 13.1. The molecule has 2 unspecified atom stereocenters. The molecule has 17 heavy (non-hydrogen) atoms. The van der Waals surface area contributed by atoms with Crippen LogP contribution in [0.3, 0.4) is 0 Å². The summed E-state index contributed by atoms with van der Waals surface area (Å²) in [5, 5.41) is 3.47. The van der Waals surface area contributed by atoms with Crippen molar-refractivity contribution >= 4 is 5.69 Å². The first kappa shape index (κ1) is 12.4. The van der Waals surface area contributed by atoms with E-state index in [0.717, 1.165) is 17.5 Å². The molecule has 1 nitrogen and oxygen atoms in total. The van der Waals surface area contributed by atoms with E-state index >= 15 is 0 Å². The monoisotopic (exact) mass is 235 g/mol. The van der Waals surface area contributed by atoms with Crippen molar-refractivity contribution in [1.82, 2.24) is 0 Å². The standard InChI is InChI=1S/C15H22FN/c1-11(2)12-5-3-7-14(9-12)17-15-8-4-6-13(16)10-15/h4,6,8,10-12,14,17H,3,5,7,9H2,1-2H3. The van der Waals surface area contributed by atoms with Crippen LogP contribution in [0, 0.1) is 17.7 Å². The zero-order valence-electron chi connectivity index (χ0n) is 10.7. The Labute approximate surface area is 103 Å². The van der Waals surface area contributed by atoms with Crippen LogP contribution in [0.5, 0.6) is 0 Å². The highest BCUT2D eigenvalue weighted by Gasteiger charge is 2.23. The Morgan fingerprint density at radius 2 is 2.12 bits per heavy atom. The Morgan fingerprint density at radius 1 is 1.29 bits per heavy atom. The van der Waals surface area contributed by atoms with Gasteiger partial charge >= 0.3 is 0 Å². The average Bonchev–Trinajstić information content (AvgIpc) is 2.29. The minimum atomic E-state index is -0.161. The van der Waals surface area contributed by atoms with Gasteiger partial charge in [-0.3, -0.25) is 0 Å². The van der Waals surface area contributed by atoms with Crippen molar-refractivity contribution in [3.63, 3.8) is 0 Å². The summed E-state index contributed by atoms with van der Waals surface area (Å²) in [5.41, 5.74) is 0.916. The summed E-state index contributed by atoms with van der Waals surface area (Å²) in [4.78, 5) is 0. The molecular weight excluding hydrogens is 213 g/mol. The molecule has 2 atom stereocenters. The van der Waals surface area contributed by atoms with E-state index < -0.39 is 0 Å². The summed E-state index contributed by atoms with van der Waals surface area (Å²) in [5.74, 6) is 1.41. The number of nitrogens with one attached hydrogen (secondary N) is 1. The number of benzene rings is 1. The third-order valence-corrected chi connectivity index (χ3v) is 3.85. The highest BCUT2D eigenvalue weighted by Crippen LogP contribution is 2.31. The summed E-state index contributed by atoms with van der Waals surface area (Å²) in [6, 6.07) is 7.29. The smallest absolute Gasteiger partial charge is 0.125 e. The first-order valence-corrected chi connectivity index (χ1v) is 6.67. The van der Waals surface area contributed by atoms with E-state index in [0.29, 0.717) is 6.04 Å². The SMILES string of the molecule is CC(C)C1CCCC(Nc2cccc(F)c2)C1. The fraction of sp³-hybridized carbons (Fsp3) is 0.600. The van der Waals surface area contributed by atoms with Gasteiger partial charge < -0.3 is 5.32 Å². The fourth-order valence-electron chi connectivity index (χ4n) is 2.78. The minimum absolute atomic E-state index is 0.161. The number of rotatable bonds is 3. The Balaban J connectivity index is 1.94. The van der Waals surface area contributed by atoms with Gasteiger partial charge in [0.05, 0.1) is 0 Å². The molecule has 0 bridgehead atoms. The molecule has 0 spiro atoms. The molecule has 1 N–H and O–H groups in total. The van der Waals surface area contributed by atoms with E-state index in [-0.39, 0.29) is 5.82 Å². The molecular formula is C15H22FN. The van der Waals surface area contributed by atoms with E-state index in [2.05, 4.69) is 19.2 Å². The third kappa shape index (κ3) is 3.45. The van der Waals surface area contributed by atoms with E-state index in [9.17, 15) is 4.39 Å². The number of hydrogen-bond donors (Lipinski definition) is 1. The van der Waals surface area contributed by atoms with Gasteiger partial charge in [0.1, 0.15) is 5.82 Å². The predicted molar refractivity (Wildman–Crippen MR) is 70.6 cm³/mol. The zero-order chi connectivity index (χ0) is 12.3. The summed E-state index contributed by atoms with van der Waals surface area (Å²) >= 11 is 0. The lowest BCUT2D eigenvalue weighted by Gasteiger charge is -2.32. The second kappa shape index (κ2) is 5.52. The van der Waals surface area contributed by atoms with Crippen LogP contribution in [0.1, 0.15) is 39.5 Å². The van der Waals surface area contributed by atoms with Crippen LogP contribution in [0.4, 0.5) is 10.1 Å². The minimum Gasteiger partial charge on any atom is -0.382 e. The van der Waals surface area contributed by atoms with Gasteiger partial charge in [-0.2, -0.15) is 0 Å². The van der Waals surface area contributed by atoms with Gasteiger partial charge in [-0.25, -0.2) is 4.39 Å². The molecule has 1 fully saturated rings. The maximum Gasteiger partial charge on any atom is 0.125 e. The van der Waals surface area contributed by atoms with Crippen LogP contribution in [0.15, 0.2) is 24.3 Å². The number of hydrogen-bond acceptors (Lipinski definition) is 1. The average molecular weight is 235 g/mol. The molecule has 0 saturated heterocycles. The van der Waals surface area contributed by atoms with E-state index in [1.165, 1.54) is 31.7 Å². The Kier molecular flexibility index (Phi) is 4.03. The van der Waals surface area contributed by atoms with Crippen molar-refractivity contribution in [3.05, 3.63) is 30.1 Å². The normalized spacial score (nSPS) is 24.9. The molecule has 1 saturated carbocycles. The van der Waals surface area contributed by atoms with Crippen LogP contribution in [-0.2, 0) is 0 Å². The number of halogens is 1. The Hall–Kier alpha value is -1.05. The second-order valence-electron chi connectivity index (χ2n) is 5.52. The quantitative estimate of drug-likeness (QED) is 0.816. The van der Waals surface area contributed by atoms with Gasteiger partial charge in [-0.15, -0.1) is 0 Å². The molecule has 2 rings (SSSR count). The van der Waals surface area contributed by atoms with Gasteiger partial charge in [-0.1, -0.05) is 32.8 Å². The summed E-state index contributed by atoms with van der Waals surface area (Å²) in [6.45, 7) is 4.60. The van der Waals surface area contributed by atoms with Crippen LogP contribution < -0.4 is 5.32 Å². The first-order valence-electron chi connectivity index (χ1n) is 6.67. The van der Waals surface area contributed by atoms with Crippen molar-refractivity contribution in [2.75, 3.05) is 5.32 Å². The van der Waals surface area contributed by atoms with Crippen LogP contribution in [0.25, 0.3) is 0 Å². The van der Waals surface area contributed by atoms with Gasteiger partial charge in [0.2, 0.25) is 0 Å². The summed E-state index contributed by atoms with van der Waals surface area (Å²) in [7, 11) is 0. The molecule has 1 aliphatic carbocycles. The summed E-state index contributed by atoms with van der Waals surface area (Å²) in [6.07, 6.45) is 5.06. The lowest BCUT2D eigenvalue weighted by molar-refractivity contribution is 0.264. The molecule has 0 heterocycles. The van der Waals surface area contributed by atoms with Gasteiger partial charge in [-0.05, 0) is 42.9 Å². The molecule has 0 radical (unpaired) electrons. The van der Waals surface area contributed by atoms with Crippen molar-refractivity contribution in [2.45, 2.75) is 45.6 Å². The van der Waals surface area contributed by atoms with Crippen molar-refractivity contribution in [3.8, 4) is 0 Å². The van der Waals surface area contributed by atoms with Gasteiger partial charge in [0.25, 0.3) is 0 Å². The molecule has 2 heteroatoms. The summed E-state index contributed by atoms with van der Waals surface area (Å²) < 4.78 is 13.1. The van der Waals surface area contributed by atoms with Crippen LogP contribution >= 0.6 is 0 Å². The lowest BCUT2D eigenvalue weighted by atomic mass is 9.79. The highest BCUT2D eigenvalue weighted by atomic mass is 19.1. The van der Waals surface area contributed by atoms with Crippen LogP contribution in [-0.4, -0.2) is 6.04 Å². The van der Waals surface area contributed by atoms with Crippen molar-refractivity contribution in [2.24, 2.45) is 11.8 Å². The maximum atomic E-state index is 13.1. The third-order valence-electron chi connectivity index (χ3n) is 3.85.